The summed E-state index contributed by atoms with van der Waals surface area (Å²) in [6.45, 7) is 5.09. The Morgan fingerprint density at radius 1 is 1.47 bits per heavy atom. The first-order valence-electron chi connectivity index (χ1n) is 6.57. The smallest absolute Gasteiger partial charge is 0.142 e. The summed E-state index contributed by atoms with van der Waals surface area (Å²) in [4.78, 5) is 0. The van der Waals surface area contributed by atoms with Gasteiger partial charge in [0.2, 0.25) is 0 Å². The van der Waals surface area contributed by atoms with Gasteiger partial charge in [0.05, 0.1) is 11.6 Å². The highest BCUT2D eigenvalue weighted by Crippen LogP contribution is 2.40. The van der Waals surface area contributed by atoms with E-state index in [-0.39, 0.29) is 6.04 Å². The SMILES string of the molecule is CCSCC(C)NC1CCOc2c(Cl)cc(Cl)cc21. The lowest BCUT2D eigenvalue weighted by atomic mass is 10.00. The zero-order valence-electron chi connectivity index (χ0n) is 11.2. The molecule has 106 valence electrons. The molecule has 1 aliphatic heterocycles. The van der Waals surface area contributed by atoms with Crippen LogP contribution in [0, 0.1) is 0 Å². The van der Waals surface area contributed by atoms with Crippen molar-refractivity contribution >= 4 is 35.0 Å². The van der Waals surface area contributed by atoms with Gasteiger partial charge in [-0.2, -0.15) is 11.8 Å². The van der Waals surface area contributed by atoms with Gasteiger partial charge < -0.3 is 10.1 Å². The normalized spacial score (nSPS) is 19.7. The van der Waals surface area contributed by atoms with E-state index in [1.54, 1.807) is 6.07 Å². The van der Waals surface area contributed by atoms with Crippen molar-refractivity contribution < 1.29 is 4.74 Å². The van der Waals surface area contributed by atoms with Gasteiger partial charge in [0.25, 0.3) is 0 Å². The Bertz CT molecular complexity index is 442. The minimum absolute atomic E-state index is 0.271. The Kier molecular flexibility index (Phi) is 5.70. The van der Waals surface area contributed by atoms with Gasteiger partial charge in [0.1, 0.15) is 5.75 Å². The summed E-state index contributed by atoms with van der Waals surface area (Å²) in [7, 11) is 0. The molecule has 19 heavy (non-hydrogen) atoms. The van der Waals surface area contributed by atoms with Crippen LogP contribution in [0.1, 0.15) is 31.9 Å². The van der Waals surface area contributed by atoms with Gasteiger partial charge in [-0.1, -0.05) is 30.1 Å². The van der Waals surface area contributed by atoms with E-state index >= 15 is 0 Å². The van der Waals surface area contributed by atoms with E-state index in [0.29, 0.717) is 22.7 Å². The molecule has 0 aliphatic carbocycles. The van der Waals surface area contributed by atoms with E-state index in [1.807, 2.05) is 17.8 Å². The maximum atomic E-state index is 6.19. The monoisotopic (exact) mass is 319 g/mol. The van der Waals surface area contributed by atoms with E-state index in [9.17, 15) is 0 Å². The highest BCUT2D eigenvalue weighted by atomic mass is 35.5. The van der Waals surface area contributed by atoms with Crippen LogP contribution < -0.4 is 10.1 Å². The van der Waals surface area contributed by atoms with Crippen LogP contribution in [0.2, 0.25) is 10.0 Å². The Labute approximate surface area is 129 Å². The van der Waals surface area contributed by atoms with Crippen molar-refractivity contribution in [3.63, 3.8) is 0 Å². The number of benzene rings is 1. The molecule has 1 N–H and O–H groups in total. The number of fused-ring (bicyclic) bond motifs is 1. The molecule has 1 aromatic rings. The van der Waals surface area contributed by atoms with Crippen LogP contribution in [0.25, 0.3) is 0 Å². The molecule has 0 spiro atoms. The molecule has 0 bridgehead atoms. The molecule has 2 rings (SSSR count). The van der Waals surface area contributed by atoms with Crippen LogP contribution in [0.15, 0.2) is 12.1 Å². The van der Waals surface area contributed by atoms with Gasteiger partial charge in [0, 0.05) is 34.8 Å². The second-order valence-corrected chi connectivity index (χ2v) is 6.89. The number of nitrogens with one attached hydrogen (secondary N) is 1. The third-order valence-electron chi connectivity index (χ3n) is 3.12. The van der Waals surface area contributed by atoms with Crippen LogP contribution in [-0.4, -0.2) is 24.2 Å². The summed E-state index contributed by atoms with van der Waals surface area (Å²) in [6, 6.07) is 4.42. The molecule has 5 heteroatoms. The maximum absolute atomic E-state index is 6.19. The molecule has 1 heterocycles. The van der Waals surface area contributed by atoms with Gasteiger partial charge in [-0.15, -0.1) is 0 Å². The fourth-order valence-electron chi connectivity index (χ4n) is 2.29. The Morgan fingerprint density at radius 2 is 2.26 bits per heavy atom. The molecular formula is C14H19Cl2NOS. The van der Waals surface area contributed by atoms with E-state index in [2.05, 4.69) is 19.2 Å². The minimum Gasteiger partial charge on any atom is -0.492 e. The van der Waals surface area contributed by atoms with Crippen molar-refractivity contribution in [1.82, 2.24) is 5.32 Å². The standard InChI is InChI=1S/C14H19Cl2NOS/c1-3-19-8-9(2)17-13-4-5-18-14-11(13)6-10(15)7-12(14)16/h6-7,9,13,17H,3-5,8H2,1-2H3. The van der Waals surface area contributed by atoms with Crippen molar-refractivity contribution in [2.45, 2.75) is 32.4 Å². The van der Waals surface area contributed by atoms with Gasteiger partial charge in [0.15, 0.2) is 0 Å². The number of rotatable bonds is 5. The van der Waals surface area contributed by atoms with Crippen LogP contribution >= 0.6 is 35.0 Å². The number of hydrogen-bond donors (Lipinski definition) is 1. The van der Waals surface area contributed by atoms with Crippen LogP contribution in [0.3, 0.4) is 0 Å². The Morgan fingerprint density at radius 3 is 3.00 bits per heavy atom. The van der Waals surface area contributed by atoms with Gasteiger partial charge >= 0.3 is 0 Å². The summed E-state index contributed by atoms with van der Waals surface area (Å²) >= 11 is 14.2. The summed E-state index contributed by atoms with van der Waals surface area (Å²) in [5.41, 5.74) is 1.08. The molecule has 2 unspecified atom stereocenters. The molecule has 0 fully saturated rings. The van der Waals surface area contributed by atoms with Crippen LogP contribution in [-0.2, 0) is 0 Å². The third kappa shape index (κ3) is 3.94. The van der Waals surface area contributed by atoms with E-state index < -0.39 is 0 Å². The van der Waals surface area contributed by atoms with Crippen molar-refractivity contribution in [2.24, 2.45) is 0 Å². The van der Waals surface area contributed by atoms with Crippen LogP contribution in [0.5, 0.6) is 5.75 Å². The Hall–Kier alpha value is -0.0900. The summed E-state index contributed by atoms with van der Waals surface area (Å²) in [5, 5.41) is 4.91. The van der Waals surface area contributed by atoms with Gasteiger partial charge in [-0.3, -0.25) is 0 Å². The molecule has 2 nitrogen and oxygen atoms in total. The molecular weight excluding hydrogens is 301 g/mol. The van der Waals surface area contributed by atoms with E-state index in [1.165, 1.54) is 0 Å². The lowest BCUT2D eigenvalue weighted by molar-refractivity contribution is 0.248. The predicted octanol–water partition coefficient (Wildman–Crippen LogP) is 4.55. The largest absolute Gasteiger partial charge is 0.492 e. The van der Waals surface area contributed by atoms with E-state index in [4.69, 9.17) is 27.9 Å². The highest BCUT2D eigenvalue weighted by molar-refractivity contribution is 7.99. The van der Waals surface area contributed by atoms with Crippen molar-refractivity contribution in [1.29, 1.82) is 0 Å². The Balaban J connectivity index is 2.13. The molecule has 2 atom stereocenters. The first-order chi connectivity index (χ1) is 9.11. The first kappa shape index (κ1) is 15.3. The first-order valence-corrected chi connectivity index (χ1v) is 8.48. The van der Waals surface area contributed by atoms with Gasteiger partial charge in [-0.05, 0) is 24.8 Å². The zero-order chi connectivity index (χ0) is 13.8. The molecule has 1 aromatic carbocycles. The second kappa shape index (κ2) is 7.07. The third-order valence-corrected chi connectivity index (χ3v) is 4.77. The van der Waals surface area contributed by atoms with E-state index in [0.717, 1.165) is 29.2 Å². The number of thioether (sulfide) groups is 1. The number of ether oxygens (including phenoxy) is 1. The highest BCUT2D eigenvalue weighted by Gasteiger charge is 2.25. The average molecular weight is 320 g/mol. The predicted molar refractivity (Wildman–Crippen MR) is 84.9 cm³/mol. The molecule has 0 saturated heterocycles. The lowest BCUT2D eigenvalue weighted by Crippen LogP contribution is -2.35. The second-order valence-electron chi connectivity index (χ2n) is 4.72. The molecule has 0 aromatic heterocycles. The van der Waals surface area contributed by atoms with Crippen molar-refractivity contribution in [3.8, 4) is 5.75 Å². The molecule has 0 radical (unpaired) electrons. The zero-order valence-corrected chi connectivity index (χ0v) is 13.5. The molecule has 0 amide bonds. The molecule has 1 aliphatic rings. The van der Waals surface area contributed by atoms with Crippen molar-refractivity contribution in [3.05, 3.63) is 27.7 Å². The summed E-state index contributed by atoms with van der Waals surface area (Å²) < 4.78 is 5.67. The summed E-state index contributed by atoms with van der Waals surface area (Å²) in [6.07, 6.45) is 0.949. The number of hydrogen-bond acceptors (Lipinski definition) is 3. The fraction of sp³-hybridized carbons (Fsp3) is 0.571. The average Bonchev–Trinajstić information content (AvgIpc) is 2.37. The summed E-state index contributed by atoms with van der Waals surface area (Å²) in [5.74, 6) is 3.04. The quantitative estimate of drug-likeness (QED) is 0.860. The lowest BCUT2D eigenvalue weighted by Gasteiger charge is -2.30. The topological polar surface area (TPSA) is 21.3 Å². The van der Waals surface area contributed by atoms with Crippen molar-refractivity contribution in [2.75, 3.05) is 18.1 Å². The minimum atomic E-state index is 0.271. The van der Waals surface area contributed by atoms with Gasteiger partial charge in [-0.25, -0.2) is 0 Å². The number of halogens is 2. The molecule has 0 saturated carbocycles. The maximum Gasteiger partial charge on any atom is 0.142 e. The van der Waals surface area contributed by atoms with Crippen LogP contribution in [0.4, 0.5) is 0 Å². The fourth-order valence-corrected chi connectivity index (χ4v) is 3.53.